The van der Waals surface area contributed by atoms with Gasteiger partial charge in [0.1, 0.15) is 0 Å². The van der Waals surface area contributed by atoms with E-state index < -0.39 is 0 Å². The van der Waals surface area contributed by atoms with E-state index in [2.05, 4.69) is 41.3 Å². The summed E-state index contributed by atoms with van der Waals surface area (Å²) in [6.07, 6.45) is 6.69. The number of nitrogens with one attached hydrogen (secondary N) is 1. The van der Waals surface area contributed by atoms with Crippen molar-refractivity contribution in [2.45, 2.75) is 45.1 Å². The zero-order valence-electron chi connectivity index (χ0n) is 11.8. The minimum Gasteiger partial charge on any atom is -0.313 e. The summed E-state index contributed by atoms with van der Waals surface area (Å²) in [7, 11) is 2.05. The summed E-state index contributed by atoms with van der Waals surface area (Å²) < 4.78 is 1.11. The van der Waals surface area contributed by atoms with Crippen molar-refractivity contribution in [1.82, 2.24) is 5.32 Å². The van der Waals surface area contributed by atoms with E-state index in [9.17, 15) is 0 Å². The van der Waals surface area contributed by atoms with Gasteiger partial charge in [0.05, 0.1) is 0 Å². The monoisotopic (exact) mass is 343 g/mol. The van der Waals surface area contributed by atoms with E-state index in [1.54, 1.807) is 0 Å². The zero-order valence-corrected chi connectivity index (χ0v) is 14.1. The van der Waals surface area contributed by atoms with Gasteiger partial charge < -0.3 is 5.32 Å². The van der Waals surface area contributed by atoms with Crippen LogP contribution in [0, 0.1) is 11.8 Å². The molecule has 0 aliphatic heterocycles. The summed E-state index contributed by atoms with van der Waals surface area (Å²) in [6, 6.07) is 6.54. The summed E-state index contributed by atoms with van der Waals surface area (Å²) in [5.74, 6) is 1.59. The highest BCUT2D eigenvalue weighted by molar-refractivity contribution is 9.10. The first-order valence-electron chi connectivity index (χ1n) is 7.28. The van der Waals surface area contributed by atoms with Gasteiger partial charge in [-0.05, 0) is 55.5 Å². The first-order valence-corrected chi connectivity index (χ1v) is 8.45. The lowest BCUT2D eigenvalue weighted by Crippen LogP contribution is -2.29. The molecule has 2 rings (SSSR count). The predicted octanol–water partition coefficient (Wildman–Crippen LogP) is 5.58. The molecule has 19 heavy (non-hydrogen) atoms. The minimum absolute atomic E-state index is 0.374. The Morgan fingerprint density at radius 1 is 1.42 bits per heavy atom. The molecule has 0 radical (unpaired) electrons. The summed E-state index contributed by atoms with van der Waals surface area (Å²) in [5, 5.41) is 4.37. The Hall–Kier alpha value is -0.0500. The van der Waals surface area contributed by atoms with Crippen LogP contribution in [-0.2, 0) is 0 Å². The van der Waals surface area contributed by atoms with Crippen molar-refractivity contribution in [3.05, 3.63) is 33.3 Å². The molecule has 0 amide bonds. The summed E-state index contributed by atoms with van der Waals surface area (Å²) in [5.41, 5.74) is 1.24. The quantitative estimate of drug-likeness (QED) is 0.752. The molecule has 0 saturated heterocycles. The van der Waals surface area contributed by atoms with Crippen molar-refractivity contribution in [1.29, 1.82) is 0 Å². The molecule has 1 nitrogen and oxygen atoms in total. The van der Waals surface area contributed by atoms with Gasteiger partial charge in [-0.2, -0.15) is 0 Å². The Balaban J connectivity index is 2.21. The molecule has 1 N–H and O–H groups in total. The van der Waals surface area contributed by atoms with Gasteiger partial charge in [0.2, 0.25) is 0 Å². The molecular weight excluding hydrogens is 322 g/mol. The molecule has 0 bridgehead atoms. The number of hydrogen-bond donors (Lipinski definition) is 1. The molecule has 1 aliphatic rings. The minimum atomic E-state index is 0.374. The van der Waals surface area contributed by atoms with Crippen LogP contribution in [0.3, 0.4) is 0 Å². The van der Waals surface area contributed by atoms with Crippen LogP contribution in [0.4, 0.5) is 0 Å². The summed E-state index contributed by atoms with van der Waals surface area (Å²) in [4.78, 5) is 0. The van der Waals surface area contributed by atoms with Crippen molar-refractivity contribution in [3.63, 3.8) is 0 Å². The third kappa shape index (κ3) is 3.74. The fourth-order valence-electron chi connectivity index (χ4n) is 3.40. The molecule has 3 atom stereocenters. The molecule has 106 valence electrons. The fourth-order valence-corrected chi connectivity index (χ4v) is 4.02. The van der Waals surface area contributed by atoms with E-state index in [1.807, 2.05) is 12.1 Å². The van der Waals surface area contributed by atoms with Crippen LogP contribution in [0.5, 0.6) is 0 Å². The van der Waals surface area contributed by atoms with Gasteiger partial charge in [0.25, 0.3) is 0 Å². The van der Waals surface area contributed by atoms with Gasteiger partial charge in [0, 0.05) is 15.5 Å². The van der Waals surface area contributed by atoms with Crippen molar-refractivity contribution in [2.75, 3.05) is 7.05 Å². The molecule has 0 heterocycles. The van der Waals surface area contributed by atoms with Gasteiger partial charge >= 0.3 is 0 Å². The Kier molecular flexibility index (Phi) is 5.73. The second-order valence-corrected chi connectivity index (χ2v) is 6.96. The number of benzene rings is 1. The lowest BCUT2D eigenvalue weighted by atomic mass is 9.75. The fraction of sp³-hybridized carbons (Fsp3) is 0.625. The Bertz CT molecular complexity index is 421. The molecule has 1 aliphatic carbocycles. The molecular formula is C16H23BrClN. The molecule has 3 heteroatoms. The maximum Gasteiger partial charge on any atom is 0.0454 e. The van der Waals surface area contributed by atoms with Gasteiger partial charge in [-0.15, -0.1) is 0 Å². The highest BCUT2D eigenvalue weighted by Gasteiger charge is 2.29. The highest BCUT2D eigenvalue weighted by atomic mass is 79.9. The van der Waals surface area contributed by atoms with E-state index in [0.717, 1.165) is 15.4 Å². The molecule has 1 fully saturated rings. The van der Waals surface area contributed by atoms with Crippen molar-refractivity contribution in [2.24, 2.45) is 11.8 Å². The Morgan fingerprint density at radius 2 is 2.21 bits per heavy atom. The second-order valence-electron chi connectivity index (χ2n) is 5.63. The van der Waals surface area contributed by atoms with Crippen molar-refractivity contribution < 1.29 is 0 Å². The van der Waals surface area contributed by atoms with E-state index in [-0.39, 0.29) is 0 Å². The SMILES string of the molecule is CCC1CCCC(C(NC)c2cc(Br)ccc2Cl)C1. The third-order valence-corrected chi connectivity index (χ3v) is 5.31. The Morgan fingerprint density at radius 3 is 2.89 bits per heavy atom. The average Bonchev–Trinajstić information content (AvgIpc) is 2.44. The van der Waals surface area contributed by atoms with E-state index in [1.165, 1.54) is 37.7 Å². The van der Waals surface area contributed by atoms with Gasteiger partial charge in [-0.25, -0.2) is 0 Å². The maximum absolute atomic E-state index is 6.40. The lowest BCUT2D eigenvalue weighted by molar-refractivity contribution is 0.214. The lowest BCUT2D eigenvalue weighted by Gasteiger charge is -2.35. The predicted molar refractivity (Wildman–Crippen MR) is 86.7 cm³/mol. The Labute approximate surface area is 130 Å². The average molecular weight is 345 g/mol. The smallest absolute Gasteiger partial charge is 0.0454 e. The molecule has 0 spiro atoms. The van der Waals surface area contributed by atoms with Crippen LogP contribution in [0.25, 0.3) is 0 Å². The van der Waals surface area contributed by atoms with Crippen LogP contribution >= 0.6 is 27.5 Å². The first kappa shape index (κ1) is 15.3. The topological polar surface area (TPSA) is 12.0 Å². The number of rotatable bonds is 4. The summed E-state index contributed by atoms with van der Waals surface area (Å²) in [6.45, 7) is 2.31. The van der Waals surface area contributed by atoms with Gasteiger partial charge in [0.15, 0.2) is 0 Å². The van der Waals surface area contributed by atoms with Crippen LogP contribution in [0.1, 0.15) is 50.6 Å². The normalized spacial score (nSPS) is 25.3. The molecule has 3 unspecified atom stereocenters. The number of hydrogen-bond acceptors (Lipinski definition) is 1. The summed E-state index contributed by atoms with van der Waals surface area (Å²) >= 11 is 9.96. The third-order valence-electron chi connectivity index (χ3n) is 4.48. The van der Waals surface area contributed by atoms with Crippen LogP contribution in [0.15, 0.2) is 22.7 Å². The van der Waals surface area contributed by atoms with Crippen LogP contribution in [-0.4, -0.2) is 7.05 Å². The molecule has 1 saturated carbocycles. The second kappa shape index (κ2) is 7.10. The molecule has 1 aromatic carbocycles. The van der Waals surface area contributed by atoms with Crippen molar-refractivity contribution in [3.8, 4) is 0 Å². The maximum atomic E-state index is 6.40. The highest BCUT2D eigenvalue weighted by Crippen LogP contribution is 2.40. The van der Waals surface area contributed by atoms with E-state index in [4.69, 9.17) is 11.6 Å². The van der Waals surface area contributed by atoms with Crippen molar-refractivity contribution >= 4 is 27.5 Å². The number of halogens is 2. The van der Waals surface area contributed by atoms with E-state index >= 15 is 0 Å². The van der Waals surface area contributed by atoms with Crippen LogP contribution < -0.4 is 5.32 Å². The molecule has 0 aromatic heterocycles. The largest absolute Gasteiger partial charge is 0.313 e. The van der Waals surface area contributed by atoms with Gasteiger partial charge in [-0.3, -0.25) is 0 Å². The van der Waals surface area contributed by atoms with Gasteiger partial charge in [-0.1, -0.05) is 53.7 Å². The zero-order chi connectivity index (χ0) is 13.8. The first-order chi connectivity index (χ1) is 9.15. The standard InChI is InChI=1S/C16H23BrClN/c1-3-11-5-4-6-12(9-11)16(19-2)14-10-13(17)7-8-15(14)18/h7-8,10-12,16,19H,3-6,9H2,1-2H3. The van der Waals surface area contributed by atoms with Crippen LogP contribution in [0.2, 0.25) is 5.02 Å². The molecule has 1 aromatic rings. The van der Waals surface area contributed by atoms with E-state index in [0.29, 0.717) is 12.0 Å².